The Labute approximate surface area is 206 Å². The first-order valence-electron chi connectivity index (χ1n) is 8.85. The van der Waals surface area contributed by atoms with Crippen molar-refractivity contribution in [1.29, 1.82) is 0 Å². The first-order valence-corrected chi connectivity index (χ1v) is 12.0. The van der Waals surface area contributed by atoms with E-state index in [2.05, 4.69) is 93.9 Å². The number of aromatic nitrogens is 4. The van der Waals surface area contributed by atoms with Crippen LogP contribution in [-0.4, -0.2) is 19.9 Å². The largest absolute Gasteiger partial charge is 0.232 e. The van der Waals surface area contributed by atoms with Gasteiger partial charge >= 0.3 is 0 Å². The third-order valence-electron chi connectivity index (χ3n) is 4.76. The van der Waals surface area contributed by atoms with Crippen molar-refractivity contribution < 1.29 is 0 Å². The summed E-state index contributed by atoms with van der Waals surface area (Å²) >= 11 is 14.2. The molecular formula is C20H14Br4N6. The molecule has 30 heavy (non-hydrogen) atoms. The van der Waals surface area contributed by atoms with Crippen LogP contribution in [0.1, 0.15) is 22.5 Å². The summed E-state index contributed by atoms with van der Waals surface area (Å²) in [5, 5.41) is 10.5. The lowest BCUT2D eigenvalue weighted by atomic mass is 10.1. The van der Waals surface area contributed by atoms with Crippen LogP contribution in [0.3, 0.4) is 0 Å². The minimum atomic E-state index is 0.432. The van der Waals surface area contributed by atoms with E-state index in [1.54, 1.807) is 0 Å². The van der Waals surface area contributed by atoms with Crippen molar-refractivity contribution in [1.82, 2.24) is 19.9 Å². The molecular weight excluding hydrogens is 644 g/mol. The second-order valence-corrected chi connectivity index (χ2v) is 10.1. The highest BCUT2D eigenvalue weighted by Crippen LogP contribution is 2.35. The Morgan fingerprint density at radius 1 is 0.600 bits per heavy atom. The van der Waals surface area contributed by atoms with E-state index < -0.39 is 0 Å². The van der Waals surface area contributed by atoms with E-state index in [9.17, 15) is 0 Å². The summed E-state index contributed by atoms with van der Waals surface area (Å²) in [5.74, 6) is 0.863. The quantitative estimate of drug-likeness (QED) is 0.203. The summed E-state index contributed by atoms with van der Waals surface area (Å²) in [4.78, 5) is 18.3. The molecule has 0 aliphatic heterocycles. The SMILES string of the molecule is Cc1nc2nc(/N=N/c3nc4nc(C)c(Br)c(C)c4cc3Br)c(Br)cc2c(C)c1Br. The maximum Gasteiger partial charge on any atom is 0.190 e. The van der Waals surface area contributed by atoms with Gasteiger partial charge in [-0.25, -0.2) is 19.9 Å². The fourth-order valence-electron chi connectivity index (χ4n) is 3.09. The smallest absolute Gasteiger partial charge is 0.190 e. The van der Waals surface area contributed by atoms with Gasteiger partial charge in [0.2, 0.25) is 0 Å². The predicted molar refractivity (Wildman–Crippen MR) is 133 cm³/mol. The molecule has 0 saturated carbocycles. The maximum absolute atomic E-state index is 4.58. The summed E-state index contributed by atoms with van der Waals surface area (Å²) in [7, 11) is 0. The highest BCUT2D eigenvalue weighted by atomic mass is 79.9. The van der Waals surface area contributed by atoms with Gasteiger partial charge in [0, 0.05) is 19.7 Å². The lowest BCUT2D eigenvalue weighted by Crippen LogP contribution is -1.94. The number of fused-ring (bicyclic) bond motifs is 2. The molecule has 0 unspecified atom stereocenters. The van der Waals surface area contributed by atoms with Crippen molar-refractivity contribution in [2.45, 2.75) is 27.7 Å². The van der Waals surface area contributed by atoms with E-state index in [1.807, 2.05) is 39.8 Å². The monoisotopic (exact) mass is 654 g/mol. The topological polar surface area (TPSA) is 76.3 Å². The summed E-state index contributed by atoms with van der Waals surface area (Å²) in [6, 6.07) is 3.91. The van der Waals surface area contributed by atoms with E-state index in [4.69, 9.17) is 0 Å². The Morgan fingerprint density at radius 2 is 0.967 bits per heavy atom. The molecule has 0 aromatic carbocycles. The number of hydrogen-bond acceptors (Lipinski definition) is 6. The molecule has 0 fully saturated rings. The van der Waals surface area contributed by atoms with Crippen LogP contribution in [-0.2, 0) is 0 Å². The van der Waals surface area contributed by atoms with Crippen LogP contribution in [0.2, 0.25) is 0 Å². The number of hydrogen-bond donors (Lipinski definition) is 0. The molecule has 10 heteroatoms. The van der Waals surface area contributed by atoms with Crippen LogP contribution in [0.25, 0.3) is 22.1 Å². The van der Waals surface area contributed by atoms with Gasteiger partial charge in [-0.3, -0.25) is 0 Å². The average Bonchev–Trinajstić information content (AvgIpc) is 2.71. The Hall–Kier alpha value is -1.36. The molecule has 0 saturated heterocycles. The molecule has 0 radical (unpaired) electrons. The molecule has 0 atom stereocenters. The third-order valence-corrected chi connectivity index (χ3v) is 8.27. The van der Waals surface area contributed by atoms with Crippen molar-refractivity contribution >= 4 is 97.4 Å². The van der Waals surface area contributed by atoms with Gasteiger partial charge in [0.25, 0.3) is 0 Å². The highest BCUT2D eigenvalue weighted by molar-refractivity contribution is 9.11. The molecule has 0 N–H and O–H groups in total. The summed E-state index contributed by atoms with van der Waals surface area (Å²) in [6.45, 7) is 7.93. The lowest BCUT2D eigenvalue weighted by molar-refractivity contribution is 1.09. The zero-order valence-corrected chi connectivity index (χ0v) is 22.7. The second kappa shape index (κ2) is 8.29. The fourth-order valence-corrected chi connectivity index (χ4v) is 4.49. The number of aryl methyl sites for hydroxylation is 4. The Bertz CT molecular complexity index is 1280. The second-order valence-electron chi connectivity index (χ2n) is 6.80. The van der Waals surface area contributed by atoms with E-state index >= 15 is 0 Å². The van der Waals surface area contributed by atoms with E-state index in [0.29, 0.717) is 22.9 Å². The molecule has 0 aliphatic rings. The molecule has 0 amide bonds. The van der Waals surface area contributed by atoms with Gasteiger partial charge in [0.05, 0.1) is 20.3 Å². The number of rotatable bonds is 2. The van der Waals surface area contributed by atoms with Crippen LogP contribution in [0, 0.1) is 27.7 Å². The summed E-state index contributed by atoms with van der Waals surface area (Å²) in [5.41, 5.74) is 5.15. The first kappa shape index (κ1) is 21.9. The zero-order chi connectivity index (χ0) is 21.7. The standard InChI is InChI=1S/C20H14Br4N6/c1-7-11-5-13(21)19(27-17(11)25-9(3)15(7)23)29-30-20-14(22)6-12-8(2)16(24)10(4)26-18(12)28-20/h5-6H,1-4H3/b30-29+. The molecule has 4 heterocycles. The van der Waals surface area contributed by atoms with Crippen molar-refractivity contribution in [3.05, 3.63) is 52.5 Å². The molecule has 0 bridgehead atoms. The summed E-state index contributed by atoms with van der Waals surface area (Å²) < 4.78 is 3.41. The van der Waals surface area contributed by atoms with Crippen molar-refractivity contribution in [2.24, 2.45) is 10.2 Å². The van der Waals surface area contributed by atoms with Crippen LogP contribution in [0.4, 0.5) is 11.6 Å². The highest BCUT2D eigenvalue weighted by Gasteiger charge is 2.14. The minimum Gasteiger partial charge on any atom is -0.232 e. The molecule has 6 nitrogen and oxygen atoms in total. The van der Waals surface area contributed by atoms with Crippen LogP contribution in [0.5, 0.6) is 0 Å². The first-order chi connectivity index (χ1) is 14.2. The third kappa shape index (κ3) is 3.83. The van der Waals surface area contributed by atoms with Gasteiger partial charge in [-0.2, -0.15) is 0 Å². The molecule has 0 spiro atoms. The van der Waals surface area contributed by atoms with E-state index in [-0.39, 0.29) is 0 Å². The number of pyridine rings is 4. The van der Waals surface area contributed by atoms with Crippen molar-refractivity contribution in [3.8, 4) is 0 Å². The Balaban J connectivity index is 1.82. The Morgan fingerprint density at radius 3 is 1.33 bits per heavy atom. The van der Waals surface area contributed by atoms with Gasteiger partial charge in [0.1, 0.15) is 0 Å². The van der Waals surface area contributed by atoms with Crippen molar-refractivity contribution in [2.75, 3.05) is 0 Å². The molecule has 152 valence electrons. The van der Waals surface area contributed by atoms with Gasteiger partial charge in [-0.15, -0.1) is 10.2 Å². The predicted octanol–water partition coefficient (Wildman–Crippen LogP) is 8.27. The van der Waals surface area contributed by atoms with Crippen LogP contribution < -0.4 is 0 Å². The molecule has 4 aromatic heterocycles. The molecule has 0 aliphatic carbocycles. The zero-order valence-electron chi connectivity index (χ0n) is 16.3. The van der Waals surface area contributed by atoms with Gasteiger partial charge in [-0.1, -0.05) is 0 Å². The Kier molecular flexibility index (Phi) is 6.04. The van der Waals surface area contributed by atoms with Gasteiger partial charge in [0.15, 0.2) is 22.9 Å². The maximum atomic E-state index is 4.58. The number of halogens is 4. The van der Waals surface area contributed by atoms with Crippen molar-refractivity contribution in [3.63, 3.8) is 0 Å². The van der Waals surface area contributed by atoms with Gasteiger partial charge < -0.3 is 0 Å². The molecule has 4 aromatic rings. The van der Waals surface area contributed by atoms with Gasteiger partial charge in [-0.05, 0) is 115 Å². The summed E-state index contributed by atoms with van der Waals surface area (Å²) in [6.07, 6.45) is 0. The van der Waals surface area contributed by atoms with E-state index in [1.165, 1.54) is 0 Å². The normalized spacial score (nSPS) is 11.9. The average molecular weight is 658 g/mol. The van der Waals surface area contributed by atoms with Crippen LogP contribution in [0.15, 0.2) is 40.3 Å². The number of nitrogens with zero attached hydrogens (tertiary/aromatic N) is 6. The minimum absolute atomic E-state index is 0.432. The number of azo groups is 1. The van der Waals surface area contributed by atoms with E-state index in [0.717, 1.165) is 51.2 Å². The van der Waals surface area contributed by atoms with Crippen LogP contribution >= 0.6 is 63.7 Å². The lowest BCUT2D eigenvalue weighted by Gasteiger charge is -2.09. The molecule has 4 rings (SSSR count). The fraction of sp³-hybridized carbons (Fsp3) is 0.200.